The average molecular weight is 526 g/mol. The lowest BCUT2D eigenvalue weighted by Crippen LogP contribution is -2.55. The Morgan fingerprint density at radius 1 is 0.795 bits per heavy atom. The highest BCUT2D eigenvalue weighted by molar-refractivity contribution is 6.38. The van der Waals surface area contributed by atoms with Gasteiger partial charge in [0.15, 0.2) is 0 Å². The van der Waals surface area contributed by atoms with Crippen LogP contribution in [-0.2, 0) is 20.8 Å². The molecule has 1 saturated heterocycles. The van der Waals surface area contributed by atoms with E-state index in [1.54, 1.807) is 6.07 Å². The molecule has 0 spiro atoms. The Bertz CT molecular complexity index is 1350. The number of hydrogen-bond acceptors (Lipinski definition) is 4. The zero-order valence-corrected chi connectivity index (χ0v) is 22.1. The molecule has 5 rings (SSSR count). The van der Waals surface area contributed by atoms with E-state index in [1.165, 1.54) is 4.90 Å². The normalized spacial score (nSPS) is 18.5. The van der Waals surface area contributed by atoms with Gasteiger partial charge in [0, 0.05) is 24.6 Å². The number of carbonyl (C=O) groups excluding carboxylic acids is 4. The number of hydrogen-bond donors (Lipinski definition) is 2. The van der Waals surface area contributed by atoms with E-state index in [1.807, 2.05) is 66.7 Å². The van der Waals surface area contributed by atoms with Gasteiger partial charge in [-0.3, -0.25) is 19.2 Å². The number of benzene rings is 3. The number of nitrogens with zero attached hydrogens (tertiary/aromatic N) is 1. The van der Waals surface area contributed by atoms with Crippen LogP contribution in [0, 0.1) is 0 Å². The van der Waals surface area contributed by atoms with E-state index in [4.69, 9.17) is 0 Å². The van der Waals surface area contributed by atoms with Crippen molar-refractivity contribution in [2.24, 2.45) is 0 Å². The molecule has 1 saturated carbocycles. The lowest BCUT2D eigenvalue weighted by atomic mass is 9.95. The molecule has 7 nitrogen and oxygen atoms in total. The predicted octanol–water partition coefficient (Wildman–Crippen LogP) is 4.19. The van der Waals surface area contributed by atoms with E-state index in [0.29, 0.717) is 24.9 Å². The van der Waals surface area contributed by atoms with Crippen molar-refractivity contribution in [2.75, 3.05) is 6.54 Å². The van der Waals surface area contributed by atoms with Crippen LogP contribution in [0.2, 0.25) is 0 Å². The van der Waals surface area contributed by atoms with Crippen LogP contribution < -0.4 is 10.6 Å². The van der Waals surface area contributed by atoms with Gasteiger partial charge in [-0.15, -0.1) is 0 Å². The molecule has 3 amide bonds. The lowest BCUT2D eigenvalue weighted by Gasteiger charge is -2.29. The maximum Gasteiger partial charge on any atom is 0.289 e. The van der Waals surface area contributed by atoms with Gasteiger partial charge in [-0.25, -0.2) is 0 Å². The summed E-state index contributed by atoms with van der Waals surface area (Å²) in [5.41, 5.74) is 1.35. The Kier molecular flexibility index (Phi) is 8.35. The third kappa shape index (κ3) is 6.36. The van der Waals surface area contributed by atoms with Crippen molar-refractivity contribution in [1.29, 1.82) is 0 Å². The van der Waals surface area contributed by atoms with E-state index in [-0.39, 0.29) is 24.3 Å². The number of carbonyl (C=O) groups is 4. The van der Waals surface area contributed by atoms with E-state index in [2.05, 4.69) is 10.6 Å². The summed E-state index contributed by atoms with van der Waals surface area (Å²) in [6.45, 7) is 0.378. The Morgan fingerprint density at radius 3 is 2.28 bits per heavy atom. The molecule has 3 aromatic carbocycles. The molecule has 0 bridgehead atoms. The SMILES string of the molecule is O=C(NC1CCCCC1)C(=O)[C@@H]1CCCN1C(=O)[C@H](Cc1ccccc1)NC(=O)c1ccc2ccccc2c1. The van der Waals surface area contributed by atoms with Gasteiger partial charge in [0.1, 0.15) is 12.1 Å². The summed E-state index contributed by atoms with van der Waals surface area (Å²) >= 11 is 0. The molecular weight excluding hydrogens is 490 g/mol. The molecular formula is C32H35N3O4. The quantitative estimate of drug-likeness (QED) is 0.431. The van der Waals surface area contributed by atoms with Gasteiger partial charge in [-0.2, -0.15) is 0 Å². The predicted molar refractivity (Wildman–Crippen MR) is 150 cm³/mol. The molecule has 202 valence electrons. The maximum absolute atomic E-state index is 13.9. The van der Waals surface area contributed by atoms with E-state index in [9.17, 15) is 19.2 Å². The van der Waals surface area contributed by atoms with E-state index < -0.39 is 23.8 Å². The van der Waals surface area contributed by atoms with Crippen LogP contribution in [0.4, 0.5) is 0 Å². The molecule has 2 aliphatic rings. The van der Waals surface area contributed by atoms with Crippen LogP contribution in [0.15, 0.2) is 72.8 Å². The second kappa shape index (κ2) is 12.2. The third-order valence-corrected chi connectivity index (χ3v) is 7.90. The van der Waals surface area contributed by atoms with Gasteiger partial charge < -0.3 is 15.5 Å². The van der Waals surface area contributed by atoms with Gasteiger partial charge >= 0.3 is 0 Å². The van der Waals surface area contributed by atoms with Crippen molar-refractivity contribution in [3.63, 3.8) is 0 Å². The van der Waals surface area contributed by atoms with Crippen molar-refractivity contribution in [3.8, 4) is 0 Å². The number of fused-ring (bicyclic) bond motifs is 1. The highest BCUT2D eigenvalue weighted by Gasteiger charge is 2.40. The van der Waals surface area contributed by atoms with Crippen molar-refractivity contribution < 1.29 is 19.2 Å². The molecule has 2 atom stereocenters. The second-order valence-electron chi connectivity index (χ2n) is 10.6. The fourth-order valence-electron chi connectivity index (χ4n) is 5.78. The van der Waals surface area contributed by atoms with Crippen LogP contribution >= 0.6 is 0 Å². The molecule has 0 unspecified atom stereocenters. The Morgan fingerprint density at radius 2 is 1.51 bits per heavy atom. The van der Waals surface area contributed by atoms with Crippen LogP contribution in [0.5, 0.6) is 0 Å². The first kappa shape index (κ1) is 26.6. The molecule has 39 heavy (non-hydrogen) atoms. The highest BCUT2D eigenvalue weighted by Crippen LogP contribution is 2.22. The van der Waals surface area contributed by atoms with Gasteiger partial charge in [0.25, 0.3) is 11.8 Å². The zero-order chi connectivity index (χ0) is 27.2. The summed E-state index contributed by atoms with van der Waals surface area (Å²) < 4.78 is 0. The molecule has 1 aliphatic carbocycles. The van der Waals surface area contributed by atoms with Crippen molar-refractivity contribution in [2.45, 2.75) is 69.5 Å². The number of nitrogens with one attached hydrogen (secondary N) is 2. The third-order valence-electron chi connectivity index (χ3n) is 7.90. The van der Waals surface area contributed by atoms with Gasteiger partial charge in [0.05, 0.1) is 0 Å². The van der Waals surface area contributed by atoms with Gasteiger partial charge in [-0.1, -0.05) is 79.9 Å². The Hall–Kier alpha value is -4.00. The highest BCUT2D eigenvalue weighted by atomic mass is 16.2. The molecule has 1 heterocycles. The molecule has 2 N–H and O–H groups in total. The van der Waals surface area contributed by atoms with Gasteiger partial charge in [0.2, 0.25) is 11.7 Å². The number of likely N-dealkylation sites (tertiary alicyclic amines) is 1. The summed E-state index contributed by atoms with van der Waals surface area (Å²) in [4.78, 5) is 54.7. The van der Waals surface area contributed by atoms with Gasteiger partial charge in [-0.05, 0) is 54.2 Å². The van der Waals surface area contributed by atoms with Crippen molar-refractivity contribution >= 4 is 34.3 Å². The van der Waals surface area contributed by atoms with E-state index in [0.717, 1.165) is 48.4 Å². The molecule has 0 radical (unpaired) electrons. The van der Waals surface area contributed by atoms with E-state index >= 15 is 0 Å². The summed E-state index contributed by atoms with van der Waals surface area (Å²) in [6, 6.07) is 21.1. The molecule has 3 aromatic rings. The minimum Gasteiger partial charge on any atom is -0.347 e. The number of rotatable bonds is 8. The van der Waals surface area contributed by atoms with Crippen LogP contribution in [-0.4, -0.2) is 53.1 Å². The largest absolute Gasteiger partial charge is 0.347 e. The fraction of sp³-hybridized carbons (Fsp3) is 0.375. The maximum atomic E-state index is 13.9. The fourth-order valence-corrected chi connectivity index (χ4v) is 5.78. The Labute approximate surface area is 229 Å². The Balaban J connectivity index is 1.33. The first-order valence-electron chi connectivity index (χ1n) is 14.0. The monoisotopic (exact) mass is 525 g/mol. The summed E-state index contributed by atoms with van der Waals surface area (Å²) in [5.74, 6) is -1.86. The molecule has 0 aromatic heterocycles. The summed E-state index contributed by atoms with van der Waals surface area (Å²) in [5, 5.41) is 7.79. The second-order valence-corrected chi connectivity index (χ2v) is 10.6. The minimum absolute atomic E-state index is 0.0211. The first-order chi connectivity index (χ1) is 19.0. The van der Waals surface area contributed by atoms with Crippen LogP contribution in [0.25, 0.3) is 10.8 Å². The molecule has 2 fully saturated rings. The van der Waals surface area contributed by atoms with Crippen LogP contribution in [0.1, 0.15) is 60.9 Å². The van der Waals surface area contributed by atoms with Crippen molar-refractivity contribution in [1.82, 2.24) is 15.5 Å². The standard InChI is InChI=1S/C32H35N3O4/c36-29(31(38)33-26-14-5-2-6-15-26)28-16-9-19-35(28)32(39)27(20-22-10-3-1-4-11-22)34-30(37)25-18-17-23-12-7-8-13-24(23)21-25/h1,3-4,7-8,10-13,17-18,21,26-28H,2,5-6,9,14-16,19-20H2,(H,33,38)(H,34,37)/t27-,28-/m0/s1. The average Bonchev–Trinajstić information content (AvgIpc) is 3.47. The number of Topliss-reactive ketones (excluding diaryl/α,β-unsaturated/α-hetero) is 1. The number of amides is 3. The topological polar surface area (TPSA) is 95.6 Å². The molecule has 1 aliphatic heterocycles. The van der Waals surface area contributed by atoms with Crippen molar-refractivity contribution in [3.05, 3.63) is 83.9 Å². The smallest absolute Gasteiger partial charge is 0.289 e. The summed E-state index contributed by atoms with van der Waals surface area (Å²) in [6.07, 6.45) is 6.37. The summed E-state index contributed by atoms with van der Waals surface area (Å²) in [7, 11) is 0. The lowest BCUT2D eigenvalue weighted by molar-refractivity contribution is -0.145. The minimum atomic E-state index is -0.874. The first-order valence-corrected chi connectivity index (χ1v) is 14.0. The zero-order valence-electron chi connectivity index (χ0n) is 22.1. The molecule has 7 heteroatoms. The van der Waals surface area contributed by atoms with Crippen LogP contribution in [0.3, 0.4) is 0 Å². The number of ketones is 1.